The molecule has 1 N–H and O–H groups in total. The molecular weight excluding hydrogens is 290 g/mol. The minimum atomic E-state index is -0.496. The standard InChI is InChI=1S/C18H23N3O2/c1-21(14-18(22)8-2-3-9-18)13-15-4-6-16(7-5-15)23-17-12-19-10-11-20-17/h4-7,10-12,22H,2-3,8-9,13-14H2,1H3. The van der Waals surface area contributed by atoms with E-state index in [2.05, 4.69) is 21.9 Å². The molecule has 23 heavy (non-hydrogen) atoms. The molecule has 5 heteroatoms. The van der Waals surface area contributed by atoms with Crippen LogP contribution in [0.4, 0.5) is 0 Å². The minimum absolute atomic E-state index is 0.487. The summed E-state index contributed by atoms with van der Waals surface area (Å²) in [6, 6.07) is 7.95. The number of ether oxygens (including phenoxy) is 1. The van der Waals surface area contributed by atoms with Gasteiger partial charge in [0.2, 0.25) is 5.88 Å². The van der Waals surface area contributed by atoms with Crippen LogP contribution in [-0.4, -0.2) is 39.2 Å². The second kappa shape index (κ2) is 7.06. The summed E-state index contributed by atoms with van der Waals surface area (Å²) in [7, 11) is 2.06. The van der Waals surface area contributed by atoms with Gasteiger partial charge in [-0.15, -0.1) is 0 Å². The van der Waals surface area contributed by atoms with Crippen molar-refractivity contribution >= 4 is 0 Å². The predicted molar refractivity (Wildman–Crippen MR) is 88.3 cm³/mol. The first-order valence-corrected chi connectivity index (χ1v) is 8.07. The van der Waals surface area contributed by atoms with Crippen molar-refractivity contribution in [3.05, 3.63) is 48.4 Å². The second-order valence-corrected chi connectivity index (χ2v) is 6.39. The first-order valence-electron chi connectivity index (χ1n) is 8.07. The number of aliphatic hydroxyl groups is 1. The molecule has 1 aromatic heterocycles. The molecule has 0 saturated heterocycles. The molecule has 2 aromatic rings. The van der Waals surface area contributed by atoms with Gasteiger partial charge in [0, 0.05) is 25.5 Å². The Kier molecular flexibility index (Phi) is 4.88. The summed E-state index contributed by atoms with van der Waals surface area (Å²) in [4.78, 5) is 10.2. The Morgan fingerprint density at radius 1 is 1.17 bits per heavy atom. The van der Waals surface area contributed by atoms with Gasteiger partial charge in [0.1, 0.15) is 5.75 Å². The zero-order chi connectivity index (χ0) is 16.1. The average Bonchev–Trinajstić information content (AvgIpc) is 2.96. The van der Waals surface area contributed by atoms with E-state index >= 15 is 0 Å². The lowest BCUT2D eigenvalue weighted by atomic mass is 10.0. The van der Waals surface area contributed by atoms with Gasteiger partial charge in [-0.2, -0.15) is 0 Å². The molecule has 0 amide bonds. The molecule has 0 atom stereocenters. The quantitative estimate of drug-likeness (QED) is 0.888. The van der Waals surface area contributed by atoms with Crippen LogP contribution in [0.2, 0.25) is 0 Å². The molecule has 0 bridgehead atoms. The second-order valence-electron chi connectivity index (χ2n) is 6.39. The van der Waals surface area contributed by atoms with Crippen LogP contribution in [-0.2, 0) is 6.54 Å². The maximum Gasteiger partial charge on any atom is 0.237 e. The molecule has 1 fully saturated rings. The first-order chi connectivity index (χ1) is 11.1. The highest BCUT2D eigenvalue weighted by molar-refractivity contribution is 5.29. The smallest absolute Gasteiger partial charge is 0.237 e. The number of hydrogen-bond donors (Lipinski definition) is 1. The summed E-state index contributed by atoms with van der Waals surface area (Å²) in [5.74, 6) is 1.23. The molecule has 1 aromatic carbocycles. The van der Waals surface area contributed by atoms with E-state index in [1.807, 2.05) is 24.3 Å². The molecule has 3 rings (SSSR count). The van der Waals surface area contributed by atoms with Crippen molar-refractivity contribution in [2.75, 3.05) is 13.6 Å². The van der Waals surface area contributed by atoms with Crippen LogP contribution in [0, 0.1) is 0 Å². The van der Waals surface area contributed by atoms with Gasteiger partial charge in [0.25, 0.3) is 0 Å². The van der Waals surface area contributed by atoms with Gasteiger partial charge in [-0.05, 0) is 37.6 Å². The molecule has 0 spiro atoms. The van der Waals surface area contributed by atoms with Gasteiger partial charge in [0.05, 0.1) is 11.8 Å². The van der Waals surface area contributed by atoms with E-state index in [1.54, 1.807) is 18.6 Å². The molecule has 0 unspecified atom stereocenters. The van der Waals surface area contributed by atoms with E-state index < -0.39 is 5.60 Å². The topological polar surface area (TPSA) is 58.5 Å². The molecule has 5 nitrogen and oxygen atoms in total. The lowest BCUT2D eigenvalue weighted by Gasteiger charge is -2.28. The van der Waals surface area contributed by atoms with E-state index in [-0.39, 0.29) is 0 Å². The summed E-state index contributed by atoms with van der Waals surface area (Å²) in [6.07, 6.45) is 8.92. The highest BCUT2D eigenvalue weighted by atomic mass is 16.5. The highest BCUT2D eigenvalue weighted by Gasteiger charge is 2.31. The molecule has 122 valence electrons. The van der Waals surface area contributed by atoms with Crippen molar-refractivity contribution in [1.29, 1.82) is 0 Å². The first kappa shape index (κ1) is 15.9. The molecule has 1 saturated carbocycles. The summed E-state index contributed by atoms with van der Waals surface area (Å²) in [5, 5.41) is 10.5. The molecule has 1 aliphatic carbocycles. The monoisotopic (exact) mass is 313 g/mol. The highest BCUT2D eigenvalue weighted by Crippen LogP contribution is 2.30. The number of rotatable bonds is 6. The lowest BCUT2D eigenvalue weighted by molar-refractivity contribution is 0.0145. The number of likely N-dealkylation sites (N-methyl/N-ethyl adjacent to an activating group) is 1. The van der Waals surface area contributed by atoms with Gasteiger partial charge < -0.3 is 9.84 Å². The van der Waals surface area contributed by atoms with Crippen LogP contribution in [0.5, 0.6) is 11.6 Å². The summed E-state index contributed by atoms with van der Waals surface area (Å²) >= 11 is 0. The Morgan fingerprint density at radius 2 is 1.91 bits per heavy atom. The predicted octanol–water partition coefficient (Wildman–Crippen LogP) is 3.01. The van der Waals surface area contributed by atoms with Crippen molar-refractivity contribution in [3.8, 4) is 11.6 Å². The van der Waals surface area contributed by atoms with E-state index in [4.69, 9.17) is 4.74 Å². The normalized spacial score (nSPS) is 16.7. The van der Waals surface area contributed by atoms with Gasteiger partial charge >= 0.3 is 0 Å². The van der Waals surface area contributed by atoms with E-state index in [0.717, 1.165) is 44.5 Å². The molecule has 0 aliphatic heterocycles. The zero-order valence-electron chi connectivity index (χ0n) is 13.5. The molecular formula is C18H23N3O2. The molecule has 1 heterocycles. The Balaban J connectivity index is 1.54. The van der Waals surface area contributed by atoms with E-state index in [9.17, 15) is 5.11 Å². The summed E-state index contributed by atoms with van der Waals surface area (Å²) in [5.41, 5.74) is 0.699. The SMILES string of the molecule is CN(Cc1ccc(Oc2cnccn2)cc1)CC1(O)CCCC1. The average molecular weight is 313 g/mol. The lowest BCUT2D eigenvalue weighted by Crippen LogP contribution is -2.38. The van der Waals surface area contributed by atoms with Gasteiger partial charge in [-0.1, -0.05) is 25.0 Å². The van der Waals surface area contributed by atoms with Crippen LogP contribution in [0.25, 0.3) is 0 Å². The van der Waals surface area contributed by atoms with Crippen LogP contribution in [0.15, 0.2) is 42.9 Å². The Hall–Kier alpha value is -1.98. The van der Waals surface area contributed by atoms with Crippen molar-refractivity contribution < 1.29 is 9.84 Å². The fourth-order valence-electron chi connectivity index (χ4n) is 3.18. The van der Waals surface area contributed by atoms with Crippen LogP contribution in [0.1, 0.15) is 31.2 Å². The van der Waals surface area contributed by atoms with Gasteiger partial charge in [-0.25, -0.2) is 4.98 Å². The maximum absolute atomic E-state index is 10.5. The van der Waals surface area contributed by atoms with Crippen molar-refractivity contribution in [3.63, 3.8) is 0 Å². The molecule has 1 aliphatic rings. The number of hydrogen-bond acceptors (Lipinski definition) is 5. The number of aromatic nitrogens is 2. The van der Waals surface area contributed by atoms with Gasteiger partial charge in [0.15, 0.2) is 0 Å². The number of benzene rings is 1. The van der Waals surface area contributed by atoms with E-state index in [1.165, 1.54) is 5.56 Å². The van der Waals surface area contributed by atoms with Crippen LogP contribution >= 0.6 is 0 Å². The fraction of sp³-hybridized carbons (Fsp3) is 0.444. The van der Waals surface area contributed by atoms with Crippen LogP contribution in [0.3, 0.4) is 0 Å². The summed E-state index contributed by atoms with van der Waals surface area (Å²) in [6.45, 7) is 1.54. The maximum atomic E-state index is 10.5. The third kappa shape index (κ3) is 4.50. The van der Waals surface area contributed by atoms with Gasteiger partial charge in [-0.3, -0.25) is 9.88 Å². The Labute approximate surface area is 137 Å². The third-order valence-electron chi connectivity index (χ3n) is 4.24. The third-order valence-corrected chi connectivity index (χ3v) is 4.24. The molecule has 0 radical (unpaired) electrons. The fourth-order valence-corrected chi connectivity index (χ4v) is 3.18. The summed E-state index contributed by atoms with van der Waals surface area (Å²) < 4.78 is 5.63. The van der Waals surface area contributed by atoms with Crippen molar-refractivity contribution in [2.24, 2.45) is 0 Å². The largest absolute Gasteiger partial charge is 0.438 e. The van der Waals surface area contributed by atoms with Crippen molar-refractivity contribution in [2.45, 2.75) is 37.8 Å². The van der Waals surface area contributed by atoms with Crippen LogP contribution < -0.4 is 4.74 Å². The van der Waals surface area contributed by atoms with E-state index in [0.29, 0.717) is 5.88 Å². The Bertz CT molecular complexity index is 610. The zero-order valence-corrected chi connectivity index (χ0v) is 13.5. The van der Waals surface area contributed by atoms with Crippen molar-refractivity contribution in [1.82, 2.24) is 14.9 Å². The Morgan fingerprint density at radius 3 is 2.57 bits per heavy atom. The minimum Gasteiger partial charge on any atom is -0.438 e. The number of nitrogens with zero attached hydrogens (tertiary/aromatic N) is 3.